The molecule has 23 heavy (non-hydrogen) atoms. The molecular formula is C17H18Cl2N2OS. The summed E-state index contributed by atoms with van der Waals surface area (Å²) in [4.78, 5) is 15.2. The second kappa shape index (κ2) is 7.22. The number of nitrogens with zero attached hydrogens (tertiary/aromatic N) is 1. The monoisotopic (exact) mass is 368 g/mol. The van der Waals surface area contributed by atoms with Crippen LogP contribution in [-0.2, 0) is 17.8 Å². The second-order valence-corrected chi connectivity index (χ2v) is 7.53. The summed E-state index contributed by atoms with van der Waals surface area (Å²) in [6, 6.07) is 7.99. The number of halogens is 2. The highest BCUT2D eigenvalue weighted by molar-refractivity contribution is 7.10. The van der Waals surface area contributed by atoms with Crippen LogP contribution in [-0.4, -0.2) is 23.9 Å². The molecule has 6 heteroatoms. The highest BCUT2D eigenvalue weighted by Gasteiger charge is 2.26. The number of hydrogen-bond donors (Lipinski definition) is 1. The third kappa shape index (κ3) is 3.89. The zero-order valence-electron chi connectivity index (χ0n) is 12.8. The topological polar surface area (TPSA) is 32.3 Å². The van der Waals surface area contributed by atoms with E-state index in [4.69, 9.17) is 23.2 Å². The molecule has 2 heterocycles. The molecule has 122 valence electrons. The van der Waals surface area contributed by atoms with Crippen molar-refractivity contribution in [1.82, 2.24) is 10.2 Å². The number of carbonyl (C=O) groups excluding carboxylic acids is 1. The molecule has 0 saturated heterocycles. The maximum absolute atomic E-state index is 11.4. The summed E-state index contributed by atoms with van der Waals surface area (Å²) in [7, 11) is 0. The minimum absolute atomic E-state index is 0.0247. The quantitative estimate of drug-likeness (QED) is 0.872. The highest BCUT2D eigenvalue weighted by atomic mass is 35.5. The van der Waals surface area contributed by atoms with Crippen molar-refractivity contribution in [2.45, 2.75) is 25.9 Å². The average molecular weight is 369 g/mol. The first-order valence-corrected chi connectivity index (χ1v) is 9.17. The van der Waals surface area contributed by atoms with Crippen LogP contribution in [0.2, 0.25) is 10.0 Å². The molecule has 1 unspecified atom stereocenters. The number of thiophene rings is 1. The van der Waals surface area contributed by atoms with E-state index in [2.05, 4.69) is 21.7 Å². The van der Waals surface area contributed by atoms with Gasteiger partial charge < -0.3 is 5.32 Å². The van der Waals surface area contributed by atoms with Crippen molar-refractivity contribution in [2.24, 2.45) is 0 Å². The first kappa shape index (κ1) is 16.8. The van der Waals surface area contributed by atoms with Gasteiger partial charge in [-0.3, -0.25) is 9.69 Å². The molecule has 1 aromatic heterocycles. The first-order valence-electron chi connectivity index (χ1n) is 7.53. The Morgan fingerprint density at radius 1 is 1.35 bits per heavy atom. The summed E-state index contributed by atoms with van der Waals surface area (Å²) in [6.45, 7) is 3.97. The molecule has 3 rings (SSSR count). The van der Waals surface area contributed by atoms with Gasteiger partial charge in [0.15, 0.2) is 0 Å². The largest absolute Gasteiger partial charge is 0.354 e. The fraction of sp³-hybridized carbons (Fsp3) is 0.353. The first-order chi connectivity index (χ1) is 11.0. The number of amides is 1. The van der Waals surface area contributed by atoms with Crippen LogP contribution in [0.3, 0.4) is 0 Å². The van der Waals surface area contributed by atoms with Crippen LogP contribution in [0, 0.1) is 0 Å². The summed E-state index contributed by atoms with van der Waals surface area (Å²) >= 11 is 14.0. The Balaban J connectivity index is 1.86. The van der Waals surface area contributed by atoms with E-state index < -0.39 is 0 Å². The van der Waals surface area contributed by atoms with Gasteiger partial charge in [0.05, 0.1) is 16.1 Å². The smallest absolute Gasteiger partial charge is 0.216 e. The van der Waals surface area contributed by atoms with E-state index in [0.717, 1.165) is 25.1 Å². The van der Waals surface area contributed by atoms with Gasteiger partial charge in [0.1, 0.15) is 0 Å². The van der Waals surface area contributed by atoms with Crippen molar-refractivity contribution in [3.63, 3.8) is 0 Å². The van der Waals surface area contributed by atoms with Gasteiger partial charge >= 0.3 is 0 Å². The molecule has 1 amide bonds. The molecule has 1 N–H and O–H groups in total. The van der Waals surface area contributed by atoms with Gasteiger partial charge in [-0.2, -0.15) is 0 Å². The Kier molecular flexibility index (Phi) is 5.27. The fourth-order valence-corrected chi connectivity index (χ4v) is 4.15. The van der Waals surface area contributed by atoms with E-state index in [1.807, 2.05) is 29.5 Å². The van der Waals surface area contributed by atoms with Crippen molar-refractivity contribution in [1.29, 1.82) is 0 Å². The van der Waals surface area contributed by atoms with Crippen molar-refractivity contribution in [3.05, 3.63) is 55.7 Å². The lowest BCUT2D eigenvalue weighted by atomic mass is 10.0. The molecule has 0 spiro atoms. The maximum atomic E-state index is 11.4. The number of hydrogen-bond acceptors (Lipinski definition) is 3. The molecule has 1 atom stereocenters. The molecular weight excluding hydrogens is 351 g/mol. The molecule has 0 radical (unpaired) electrons. The Morgan fingerprint density at radius 2 is 2.17 bits per heavy atom. The van der Waals surface area contributed by atoms with Crippen LogP contribution in [0.4, 0.5) is 0 Å². The third-order valence-corrected chi connectivity index (χ3v) is 5.91. The Hall–Kier alpha value is -1.07. The minimum atomic E-state index is -0.0247. The molecule has 2 aromatic rings. The van der Waals surface area contributed by atoms with E-state index >= 15 is 0 Å². The molecule has 1 aromatic carbocycles. The second-order valence-electron chi connectivity index (χ2n) is 5.72. The van der Waals surface area contributed by atoms with E-state index in [0.29, 0.717) is 16.6 Å². The number of fused-ring (bicyclic) bond motifs is 1. The summed E-state index contributed by atoms with van der Waals surface area (Å²) < 4.78 is 0. The lowest BCUT2D eigenvalue weighted by molar-refractivity contribution is -0.119. The summed E-state index contributed by atoms with van der Waals surface area (Å²) in [5, 5.41) is 6.18. The number of nitrogens with one attached hydrogen (secondary N) is 1. The minimum Gasteiger partial charge on any atom is -0.354 e. The Labute approximate surface area is 150 Å². The zero-order valence-corrected chi connectivity index (χ0v) is 15.1. The van der Waals surface area contributed by atoms with Crippen LogP contribution >= 0.6 is 34.5 Å². The lowest BCUT2D eigenvalue weighted by Gasteiger charge is -2.35. The SMILES string of the molecule is CC(=O)NCC(c1ccc(Cl)c(Cl)c1)N1CCc2sccc2C1. The van der Waals surface area contributed by atoms with Crippen molar-refractivity contribution >= 4 is 40.4 Å². The summed E-state index contributed by atoms with van der Waals surface area (Å²) in [5.74, 6) is -0.0247. The molecule has 3 nitrogen and oxygen atoms in total. The van der Waals surface area contributed by atoms with Gasteiger partial charge in [-0.05, 0) is 41.1 Å². The fourth-order valence-electron chi connectivity index (χ4n) is 2.95. The third-order valence-electron chi connectivity index (χ3n) is 4.15. The van der Waals surface area contributed by atoms with Crippen LogP contribution in [0.1, 0.15) is 29.0 Å². The van der Waals surface area contributed by atoms with Gasteiger partial charge in [0.25, 0.3) is 0 Å². The number of rotatable bonds is 4. The molecule has 0 bridgehead atoms. The predicted octanol–water partition coefficient (Wildman–Crippen LogP) is 4.29. The molecule has 1 aliphatic heterocycles. The Morgan fingerprint density at radius 3 is 2.91 bits per heavy atom. The average Bonchev–Trinajstić information content (AvgIpc) is 2.98. The van der Waals surface area contributed by atoms with Crippen molar-refractivity contribution < 1.29 is 4.79 Å². The van der Waals surface area contributed by atoms with Gasteiger partial charge in [-0.25, -0.2) is 0 Å². The predicted molar refractivity (Wildman–Crippen MR) is 96.3 cm³/mol. The maximum Gasteiger partial charge on any atom is 0.216 e. The number of benzene rings is 1. The van der Waals surface area contributed by atoms with E-state index in [1.165, 1.54) is 10.4 Å². The molecule has 0 fully saturated rings. The molecule has 0 aliphatic carbocycles. The summed E-state index contributed by atoms with van der Waals surface area (Å²) in [5.41, 5.74) is 2.46. The van der Waals surface area contributed by atoms with Gasteiger partial charge in [-0.15, -0.1) is 11.3 Å². The number of carbonyl (C=O) groups is 1. The van der Waals surface area contributed by atoms with Crippen molar-refractivity contribution in [3.8, 4) is 0 Å². The van der Waals surface area contributed by atoms with Gasteiger partial charge in [-0.1, -0.05) is 29.3 Å². The van der Waals surface area contributed by atoms with Crippen LogP contribution in [0.15, 0.2) is 29.6 Å². The molecule has 1 aliphatic rings. The lowest BCUT2D eigenvalue weighted by Crippen LogP contribution is -2.39. The molecule has 0 saturated carbocycles. The zero-order chi connectivity index (χ0) is 16.4. The van der Waals surface area contributed by atoms with Gasteiger partial charge in [0.2, 0.25) is 5.91 Å². The van der Waals surface area contributed by atoms with E-state index in [-0.39, 0.29) is 11.9 Å². The normalized spacial score (nSPS) is 16.0. The van der Waals surface area contributed by atoms with Crippen molar-refractivity contribution in [2.75, 3.05) is 13.1 Å². The van der Waals surface area contributed by atoms with E-state index in [1.54, 1.807) is 6.92 Å². The summed E-state index contributed by atoms with van der Waals surface area (Å²) in [6.07, 6.45) is 1.05. The standard InChI is InChI=1S/C17H18Cl2N2OS/c1-11(22)20-9-16(12-2-3-14(18)15(19)8-12)21-6-4-17-13(10-21)5-7-23-17/h2-3,5,7-8,16H,4,6,9-10H2,1H3,(H,20,22). The van der Waals surface area contributed by atoms with E-state index in [9.17, 15) is 4.79 Å². The van der Waals surface area contributed by atoms with Crippen LogP contribution < -0.4 is 5.32 Å². The highest BCUT2D eigenvalue weighted by Crippen LogP contribution is 2.32. The van der Waals surface area contributed by atoms with Crippen LogP contribution in [0.5, 0.6) is 0 Å². The Bertz CT molecular complexity index is 716. The van der Waals surface area contributed by atoms with Crippen LogP contribution in [0.25, 0.3) is 0 Å². The van der Waals surface area contributed by atoms with Gasteiger partial charge in [0, 0.05) is 31.4 Å².